The molecule has 238 valence electrons. The Hall–Kier alpha value is -3.61. The molecule has 0 aliphatic carbocycles. The van der Waals surface area contributed by atoms with Crippen molar-refractivity contribution in [1.82, 2.24) is 15.1 Å². The van der Waals surface area contributed by atoms with E-state index < -0.39 is 6.04 Å². The van der Waals surface area contributed by atoms with Gasteiger partial charge in [-0.15, -0.1) is 9.24 Å². The molecule has 0 spiro atoms. The van der Waals surface area contributed by atoms with Gasteiger partial charge in [-0.25, -0.2) is 4.39 Å². The van der Waals surface area contributed by atoms with Gasteiger partial charge in [0.1, 0.15) is 11.9 Å². The Labute approximate surface area is 264 Å². The number of nitrogens with zero attached hydrogens (tertiary/aromatic N) is 2. The maximum Gasteiger partial charge on any atom is 0.254 e. The smallest absolute Gasteiger partial charge is 0.254 e. The van der Waals surface area contributed by atoms with E-state index in [1.54, 1.807) is 24.0 Å². The first-order valence-electron chi connectivity index (χ1n) is 15.3. The molecule has 0 aromatic heterocycles. The first-order chi connectivity index (χ1) is 21.0. The van der Waals surface area contributed by atoms with Gasteiger partial charge in [-0.3, -0.25) is 14.4 Å². The number of hydrogen-bond donors (Lipinski definition) is 2. The molecule has 3 aromatic rings. The Balaban J connectivity index is 0.000000639. The molecule has 0 aliphatic heterocycles. The lowest BCUT2D eigenvalue weighted by molar-refractivity contribution is -0.125. The second-order valence-electron chi connectivity index (χ2n) is 11.0. The zero-order chi connectivity index (χ0) is 32.6. The lowest BCUT2D eigenvalue weighted by atomic mass is 10.0. The van der Waals surface area contributed by atoms with Crippen molar-refractivity contribution in [3.8, 4) is 0 Å². The van der Waals surface area contributed by atoms with Crippen molar-refractivity contribution in [2.24, 2.45) is 5.73 Å². The van der Waals surface area contributed by atoms with Crippen LogP contribution in [0.5, 0.6) is 0 Å². The molecule has 3 aromatic carbocycles. The first-order valence-corrected chi connectivity index (χ1v) is 15.8. The van der Waals surface area contributed by atoms with Crippen LogP contribution in [-0.4, -0.2) is 59.7 Å². The molecule has 0 saturated heterocycles. The largest absolute Gasteiger partial charge is 0.350 e. The summed E-state index contributed by atoms with van der Waals surface area (Å²) < 4.78 is 12.4. The number of halogens is 1. The number of carbonyl (C=O) groups excluding carboxylic acids is 3. The van der Waals surface area contributed by atoms with E-state index in [1.807, 2.05) is 75.1 Å². The van der Waals surface area contributed by atoms with E-state index in [-0.39, 0.29) is 23.5 Å². The number of rotatable bonds is 13. The molecule has 44 heavy (non-hydrogen) atoms. The molecule has 0 saturated carbocycles. The van der Waals surface area contributed by atoms with Gasteiger partial charge < -0.3 is 20.9 Å². The topological polar surface area (TPSA) is 95.7 Å². The first kappa shape index (κ1) is 36.6. The summed E-state index contributed by atoms with van der Waals surface area (Å²) in [5, 5.41) is 3.82. The lowest BCUT2D eigenvalue weighted by Gasteiger charge is -2.29. The number of benzene rings is 3. The van der Waals surface area contributed by atoms with Gasteiger partial charge in [0.05, 0.1) is 0 Å². The highest BCUT2D eigenvalue weighted by Gasteiger charge is 2.27. The van der Waals surface area contributed by atoms with Crippen LogP contribution in [0.3, 0.4) is 0 Å². The third kappa shape index (κ3) is 11.8. The Morgan fingerprint density at radius 1 is 0.864 bits per heavy atom. The fraction of sp³-hybridized carbons (Fsp3) is 0.400. The molecule has 7 nitrogen and oxygen atoms in total. The summed E-state index contributed by atoms with van der Waals surface area (Å²) in [6.45, 7) is 12.0. The van der Waals surface area contributed by atoms with E-state index in [9.17, 15) is 18.8 Å². The quantitative estimate of drug-likeness (QED) is 0.250. The van der Waals surface area contributed by atoms with E-state index in [2.05, 4.69) is 14.6 Å². The maximum absolute atomic E-state index is 13.6. The predicted molar refractivity (Wildman–Crippen MR) is 181 cm³/mol. The Morgan fingerprint density at radius 2 is 1.45 bits per heavy atom. The van der Waals surface area contributed by atoms with Crippen LogP contribution in [0, 0.1) is 19.7 Å². The van der Waals surface area contributed by atoms with Crippen LogP contribution < -0.4 is 16.4 Å². The van der Waals surface area contributed by atoms with Crippen molar-refractivity contribution < 1.29 is 18.8 Å². The summed E-state index contributed by atoms with van der Waals surface area (Å²) in [6, 6.07) is 19.1. The van der Waals surface area contributed by atoms with Gasteiger partial charge in [0.15, 0.2) is 0 Å². The van der Waals surface area contributed by atoms with Crippen molar-refractivity contribution >= 4 is 32.3 Å². The molecule has 0 bridgehead atoms. The van der Waals surface area contributed by atoms with E-state index in [0.717, 1.165) is 34.8 Å². The lowest BCUT2D eigenvalue weighted by Crippen LogP contribution is -2.48. The van der Waals surface area contributed by atoms with Crippen LogP contribution in [0.2, 0.25) is 0 Å². The zero-order valence-corrected chi connectivity index (χ0v) is 27.9. The van der Waals surface area contributed by atoms with Crippen LogP contribution in [0.25, 0.3) is 0 Å². The van der Waals surface area contributed by atoms with E-state index in [1.165, 1.54) is 12.1 Å². The molecule has 2 atom stereocenters. The third-order valence-corrected chi connectivity index (χ3v) is 7.26. The highest BCUT2D eigenvalue weighted by atomic mass is 31.0. The monoisotopic (exact) mass is 622 g/mol. The minimum absolute atomic E-state index is 0.0754. The number of aryl methyl sites for hydroxylation is 2. The standard InChI is InChI=1S/C28H40N4O3.C7H8FP/c1-5-14-31(15-6-2)27(34)24-17-21(3)18-25(19-24)28(35)32(16-10-13-29)22(4)26(33)30-20-23-11-8-7-9-12-23;1-5-2-6(8)4-7(9)3-5/h7-9,11-12,17-19,22H,5-6,10,13-16,20,29H2,1-4H3,(H,30,33);2-4H,9H2,1H3. The van der Waals surface area contributed by atoms with Crippen molar-refractivity contribution in [2.45, 2.75) is 66.5 Å². The van der Waals surface area contributed by atoms with Crippen LogP contribution >= 0.6 is 9.24 Å². The average Bonchev–Trinajstić information content (AvgIpc) is 2.99. The maximum atomic E-state index is 13.6. The Kier molecular flexibility index (Phi) is 15.7. The second-order valence-corrected chi connectivity index (χ2v) is 11.6. The summed E-state index contributed by atoms with van der Waals surface area (Å²) in [5.74, 6) is -0.759. The summed E-state index contributed by atoms with van der Waals surface area (Å²) in [4.78, 5) is 43.1. The summed E-state index contributed by atoms with van der Waals surface area (Å²) in [7, 11) is 2.46. The van der Waals surface area contributed by atoms with Gasteiger partial charge >= 0.3 is 0 Å². The van der Waals surface area contributed by atoms with Gasteiger partial charge in [-0.2, -0.15) is 0 Å². The van der Waals surface area contributed by atoms with Gasteiger partial charge in [0.25, 0.3) is 11.8 Å². The minimum Gasteiger partial charge on any atom is -0.350 e. The molecular weight excluding hydrogens is 574 g/mol. The highest BCUT2D eigenvalue weighted by Crippen LogP contribution is 2.17. The van der Waals surface area contributed by atoms with Crippen LogP contribution in [0.15, 0.2) is 66.7 Å². The fourth-order valence-electron chi connectivity index (χ4n) is 4.80. The van der Waals surface area contributed by atoms with Crippen molar-refractivity contribution in [1.29, 1.82) is 0 Å². The minimum atomic E-state index is -0.686. The number of carbonyl (C=O) groups is 3. The third-order valence-electron chi connectivity index (χ3n) is 6.93. The Bertz CT molecular complexity index is 1310. The number of nitrogens with one attached hydrogen (secondary N) is 1. The molecule has 9 heteroatoms. The summed E-state index contributed by atoms with van der Waals surface area (Å²) >= 11 is 0. The van der Waals surface area contributed by atoms with Crippen LogP contribution in [-0.2, 0) is 11.3 Å². The van der Waals surface area contributed by atoms with Gasteiger partial charge in [0.2, 0.25) is 5.91 Å². The van der Waals surface area contributed by atoms with Crippen molar-refractivity contribution in [2.75, 3.05) is 26.2 Å². The molecule has 3 N–H and O–H groups in total. The van der Waals surface area contributed by atoms with Crippen molar-refractivity contribution in [3.63, 3.8) is 0 Å². The fourth-order valence-corrected chi connectivity index (χ4v) is 5.23. The van der Waals surface area contributed by atoms with Gasteiger partial charge in [-0.05, 0) is 98.9 Å². The van der Waals surface area contributed by atoms with Crippen LogP contribution in [0.4, 0.5) is 4.39 Å². The van der Waals surface area contributed by atoms with Crippen molar-refractivity contribution in [3.05, 3.63) is 100 Å². The van der Waals surface area contributed by atoms with E-state index >= 15 is 0 Å². The van der Waals surface area contributed by atoms with Gasteiger partial charge in [0, 0.05) is 37.3 Å². The Morgan fingerprint density at radius 3 is 2.00 bits per heavy atom. The molecule has 0 aliphatic rings. The highest BCUT2D eigenvalue weighted by molar-refractivity contribution is 7.27. The molecule has 3 amide bonds. The molecule has 0 fully saturated rings. The second kappa shape index (κ2) is 18.9. The van der Waals surface area contributed by atoms with E-state index in [0.29, 0.717) is 50.3 Å². The van der Waals surface area contributed by atoms with Gasteiger partial charge in [-0.1, -0.05) is 50.2 Å². The molecule has 2 unspecified atom stereocenters. The number of hydrogen-bond acceptors (Lipinski definition) is 4. The summed E-state index contributed by atoms with van der Waals surface area (Å²) in [6.07, 6.45) is 2.30. The molecule has 3 rings (SSSR count). The number of amides is 3. The SMILES string of the molecule is CCCN(CCC)C(=O)c1cc(C)cc(C(=O)N(CCCN)C(C)C(=O)NCc2ccccc2)c1.Cc1cc(F)cc(P)c1. The van der Waals surface area contributed by atoms with Crippen LogP contribution in [0.1, 0.15) is 77.4 Å². The zero-order valence-electron chi connectivity index (χ0n) is 26.7. The average molecular weight is 623 g/mol. The normalized spacial score (nSPS) is 11.2. The molecule has 0 heterocycles. The number of nitrogens with two attached hydrogens (primary N) is 1. The molecule has 0 radical (unpaired) electrons. The predicted octanol–water partition coefficient (Wildman–Crippen LogP) is 5.39. The molecular formula is C35H48FN4O3P. The summed E-state index contributed by atoms with van der Waals surface area (Å²) in [5.41, 5.74) is 9.38. The van der Waals surface area contributed by atoms with E-state index in [4.69, 9.17) is 5.73 Å².